The zero-order valence-electron chi connectivity index (χ0n) is 16.2. The number of hydrogen-bond donors (Lipinski definition) is 0. The molecule has 2 heterocycles. The molecule has 2 heteroatoms. The quantitative estimate of drug-likeness (QED) is 0.202. The molecule has 7 aromatic rings. The number of hydrogen-bond acceptors (Lipinski definition) is 2. The van der Waals surface area contributed by atoms with Gasteiger partial charge in [0.05, 0.1) is 5.52 Å². The number of pyridine rings is 1. The van der Waals surface area contributed by atoms with Gasteiger partial charge in [-0.25, -0.2) is 0 Å². The minimum absolute atomic E-state index is 0.979. The van der Waals surface area contributed by atoms with E-state index in [-0.39, 0.29) is 0 Å². The average Bonchev–Trinajstić information content (AvgIpc) is 3.06. The van der Waals surface area contributed by atoms with Gasteiger partial charge in [-0.3, -0.25) is 4.98 Å². The van der Waals surface area contributed by atoms with E-state index in [1.54, 1.807) is 0 Å². The van der Waals surface area contributed by atoms with E-state index in [1.165, 1.54) is 54.0 Å². The molecule has 136 valence electrons. The molecule has 29 heavy (non-hydrogen) atoms. The molecule has 0 aliphatic rings. The van der Waals surface area contributed by atoms with E-state index in [2.05, 4.69) is 74.5 Å². The third-order valence-corrected chi connectivity index (χ3v) is 6.60. The van der Waals surface area contributed by atoms with Crippen molar-refractivity contribution in [2.75, 3.05) is 0 Å². The van der Waals surface area contributed by atoms with Crippen molar-refractivity contribution < 1.29 is 4.42 Å². The number of furan rings is 1. The van der Waals surface area contributed by atoms with Gasteiger partial charge < -0.3 is 4.42 Å². The van der Waals surface area contributed by atoms with Crippen molar-refractivity contribution in [3.05, 3.63) is 78.2 Å². The first kappa shape index (κ1) is 15.3. The molecule has 2 nitrogen and oxygen atoms in total. The topological polar surface area (TPSA) is 26.0 Å². The maximum atomic E-state index is 6.27. The van der Waals surface area contributed by atoms with Crippen LogP contribution in [-0.2, 0) is 0 Å². The zero-order valence-corrected chi connectivity index (χ0v) is 16.2. The fourth-order valence-corrected chi connectivity index (χ4v) is 5.16. The third-order valence-electron chi connectivity index (χ3n) is 6.60. The molecule has 2 aromatic heterocycles. The van der Waals surface area contributed by atoms with Crippen LogP contribution >= 0.6 is 0 Å². The standard InChI is InChI=1S/C27H17NO/c1-14-15(2)29-27-20-10-11-28-26-22-13-17-7-4-3-6-16(17)12-21(22)18-8-5-9-19(23(14)27)24(18)25(20)26/h3-13H,1-2H3. The van der Waals surface area contributed by atoms with Crippen molar-refractivity contribution >= 4 is 65.0 Å². The summed E-state index contributed by atoms with van der Waals surface area (Å²) in [7, 11) is 0. The molecule has 0 unspecified atom stereocenters. The van der Waals surface area contributed by atoms with Crippen molar-refractivity contribution in [1.29, 1.82) is 0 Å². The Morgan fingerprint density at radius 3 is 2.24 bits per heavy atom. The number of fused-ring (bicyclic) bond motifs is 7. The van der Waals surface area contributed by atoms with Crippen LogP contribution in [0.5, 0.6) is 0 Å². The van der Waals surface area contributed by atoms with Gasteiger partial charge in [0, 0.05) is 33.1 Å². The molecule has 0 radical (unpaired) electrons. The first-order valence-corrected chi connectivity index (χ1v) is 9.99. The monoisotopic (exact) mass is 371 g/mol. The van der Waals surface area contributed by atoms with E-state index >= 15 is 0 Å². The average molecular weight is 371 g/mol. The van der Waals surface area contributed by atoms with Crippen LogP contribution in [0.3, 0.4) is 0 Å². The second-order valence-electron chi connectivity index (χ2n) is 8.04. The van der Waals surface area contributed by atoms with E-state index < -0.39 is 0 Å². The van der Waals surface area contributed by atoms with Gasteiger partial charge in [0.1, 0.15) is 11.3 Å². The van der Waals surface area contributed by atoms with E-state index in [9.17, 15) is 0 Å². The van der Waals surface area contributed by atoms with Crippen molar-refractivity contribution in [1.82, 2.24) is 4.98 Å². The van der Waals surface area contributed by atoms with Gasteiger partial charge in [-0.1, -0.05) is 42.5 Å². The fourth-order valence-electron chi connectivity index (χ4n) is 5.16. The van der Waals surface area contributed by atoms with Crippen LogP contribution in [0.15, 0.2) is 71.3 Å². The molecule has 7 rings (SSSR count). The highest BCUT2D eigenvalue weighted by Crippen LogP contribution is 2.46. The SMILES string of the molecule is Cc1oc2c3ccnc4c5cc6ccccc6cc5c5cccc(c2c1C)c5c34. The van der Waals surface area contributed by atoms with Crippen molar-refractivity contribution in [3.63, 3.8) is 0 Å². The van der Waals surface area contributed by atoms with Gasteiger partial charge in [0.2, 0.25) is 0 Å². The predicted molar refractivity (Wildman–Crippen MR) is 122 cm³/mol. The molecular weight excluding hydrogens is 354 g/mol. The Hall–Kier alpha value is -3.65. The Labute approximate surface area is 166 Å². The molecule has 0 aliphatic heterocycles. The Balaban J connectivity index is 1.92. The highest BCUT2D eigenvalue weighted by Gasteiger charge is 2.21. The fraction of sp³-hybridized carbons (Fsp3) is 0.0741. The van der Waals surface area contributed by atoms with Crippen molar-refractivity contribution in [2.45, 2.75) is 13.8 Å². The molecule has 0 amide bonds. The van der Waals surface area contributed by atoms with E-state index in [0.717, 1.165) is 22.2 Å². The smallest absolute Gasteiger partial charge is 0.143 e. The van der Waals surface area contributed by atoms with Crippen LogP contribution in [0, 0.1) is 13.8 Å². The lowest BCUT2D eigenvalue weighted by Crippen LogP contribution is -1.91. The zero-order chi connectivity index (χ0) is 19.3. The summed E-state index contributed by atoms with van der Waals surface area (Å²) in [6.07, 6.45) is 1.92. The third kappa shape index (κ3) is 1.75. The van der Waals surface area contributed by atoms with Gasteiger partial charge in [-0.2, -0.15) is 0 Å². The van der Waals surface area contributed by atoms with Crippen molar-refractivity contribution in [3.8, 4) is 0 Å². The van der Waals surface area contributed by atoms with Gasteiger partial charge in [0.25, 0.3) is 0 Å². The van der Waals surface area contributed by atoms with E-state index in [1.807, 2.05) is 6.20 Å². The number of nitrogens with zero attached hydrogens (tertiary/aromatic N) is 1. The van der Waals surface area contributed by atoms with Gasteiger partial charge in [0.15, 0.2) is 0 Å². The highest BCUT2D eigenvalue weighted by atomic mass is 16.3. The van der Waals surface area contributed by atoms with Crippen LogP contribution in [0.2, 0.25) is 0 Å². The summed E-state index contributed by atoms with van der Waals surface area (Å²) in [4.78, 5) is 4.86. The molecule has 0 N–H and O–H groups in total. The van der Waals surface area contributed by atoms with Gasteiger partial charge >= 0.3 is 0 Å². The predicted octanol–water partition coefficient (Wildman–Crippen LogP) is 7.65. The normalized spacial score (nSPS) is 12.5. The minimum atomic E-state index is 0.979. The maximum absolute atomic E-state index is 6.27. The molecule has 0 spiro atoms. The number of rotatable bonds is 0. The lowest BCUT2D eigenvalue weighted by molar-refractivity contribution is 0.578. The molecule has 5 aromatic carbocycles. The molecule has 0 aliphatic carbocycles. The maximum Gasteiger partial charge on any atom is 0.143 e. The van der Waals surface area contributed by atoms with Crippen LogP contribution in [0.25, 0.3) is 65.0 Å². The molecule has 0 saturated carbocycles. The molecule has 0 bridgehead atoms. The summed E-state index contributed by atoms with van der Waals surface area (Å²) in [5.74, 6) is 0.986. The van der Waals surface area contributed by atoms with Gasteiger partial charge in [-0.15, -0.1) is 0 Å². The largest absolute Gasteiger partial charge is 0.460 e. The minimum Gasteiger partial charge on any atom is -0.460 e. The number of aryl methyl sites for hydroxylation is 2. The van der Waals surface area contributed by atoms with Crippen LogP contribution < -0.4 is 0 Å². The van der Waals surface area contributed by atoms with Crippen LogP contribution in [0.1, 0.15) is 11.3 Å². The second kappa shape index (κ2) is 5.03. The Morgan fingerprint density at radius 1 is 0.655 bits per heavy atom. The summed E-state index contributed by atoms with van der Waals surface area (Å²) < 4.78 is 6.27. The Kier molecular flexibility index (Phi) is 2.66. The Morgan fingerprint density at radius 2 is 1.41 bits per heavy atom. The van der Waals surface area contributed by atoms with Crippen LogP contribution in [-0.4, -0.2) is 4.98 Å². The Bertz CT molecular complexity index is 1770. The van der Waals surface area contributed by atoms with E-state index in [4.69, 9.17) is 9.40 Å². The van der Waals surface area contributed by atoms with Crippen LogP contribution in [0.4, 0.5) is 0 Å². The lowest BCUT2D eigenvalue weighted by Gasteiger charge is -2.15. The molecule has 0 fully saturated rings. The summed E-state index contributed by atoms with van der Waals surface area (Å²) in [6, 6.07) is 21.9. The number of aromatic nitrogens is 1. The highest BCUT2D eigenvalue weighted by molar-refractivity contribution is 6.39. The first-order chi connectivity index (χ1) is 14.2. The second-order valence-corrected chi connectivity index (χ2v) is 8.04. The van der Waals surface area contributed by atoms with Gasteiger partial charge in [-0.05, 0) is 64.5 Å². The number of benzene rings is 5. The summed E-state index contributed by atoms with van der Waals surface area (Å²) >= 11 is 0. The molecular formula is C27H17NO. The lowest BCUT2D eigenvalue weighted by atomic mass is 9.88. The summed E-state index contributed by atoms with van der Waals surface area (Å²) in [5.41, 5.74) is 3.26. The van der Waals surface area contributed by atoms with E-state index in [0.29, 0.717) is 0 Å². The molecule has 0 atom stereocenters. The first-order valence-electron chi connectivity index (χ1n) is 9.99. The summed E-state index contributed by atoms with van der Waals surface area (Å²) in [6.45, 7) is 4.22. The summed E-state index contributed by atoms with van der Waals surface area (Å²) in [5, 5.41) is 12.4. The van der Waals surface area contributed by atoms with Crippen molar-refractivity contribution in [2.24, 2.45) is 0 Å². The molecule has 0 saturated heterocycles.